The summed E-state index contributed by atoms with van der Waals surface area (Å²) in [6.07, 6.45) is 0. The first kappa shape index (κ1) is 61.1. The van der Waals surface area contributed by atoms with Gasteiger partial charge in [0.1, 0.15) is 0 Å². The van der Waals surface area contributed by atoms with E-state index in [2.05, 4.69) is 428 Å². The van der Waals surface area contributed by atoms with Gasteiger partial charge in [0.05, 0.1) is 66.2 Å². The third-order valence-electron chi connectivity index (χ3n) is 22.4. The van der Waals surface area contributed by atoms with Crippen LogP contribution >= 0.6 is 0 Å². The van der Waals surface area contributed by atoms with Crippen LogP contribution in [0.25, 0.3) is 198 Å². The fraction of sp³-hybridized carbons (Fsp3) is 0. The van der Waals surface area contributed by atoms with Crippen LogP contribution in [0, 0.1) is 0 Å². The number of hydrogen-bond donors (Lipinski definition) is 0. The van der Waals surface area contributed by atoms with E-state index in [1.54, 1.807) is 0 Å². The van der Waals surface area contributed by atoms with Crippen LogP contribution in [0.15, 0.2) is 400 Å². The van der Waals surface area contributed by atoms with Gasteiger partial charge < -0.3 is 27.4 Å². The molecule has 0 saturated carbocycles. The van der Waals surface area contributed by atoms with E-state index in [0.717, 1.165) is 22.7 Å². The van der Waals surface area contributed by atoms with E-state index in [9.17, 15) is 0 Å². The molecule has 6 nitrogen and oxygen atoms in total. The average molecular weight is 1380 g/mol. The quantitative estimate of drug-likeness (QED) is 0.138. The number of benzene rings is 17. The van der Waals surface area contributed by atoms with Crippen molar-refractivity contribution in [3.63, 3.8) is 0 Å². The molecule has 0 radical (unpaired) electrons. The molecule has 0 N–H and O–H groups in total. The Morgan fingerprint density at radius 1 is 0.111 bits per heavy atom. The van der Waals surface area contributed by atoms with E-state index in [0.29, 0.717) is 0 Å². The molecule has 0 spiro atoms. The highest BCUT2D eigenvalue weighted by Gasteiger charge is 2.25. The van der Waals surface area contributed by atoms with E-state index in [1.807, 2.05) is 0 Å². The zero-order chi connectivity index (χ0) is 70.9. The lowest BCUT2D eigenvalue weighted by Crippen LogP contribution is -1.94. The van der Waals surface area contributed by atoms with Crippen molar-refractivity contribution in [2.45, 2.75) is 0 Å². The molecule has 0 atom stereocenters. The van der Waals surface area contributed by atoms with E-state index in [-0.39, 0.29) is 0 Å². The minimum absolute atomic E-state index is 1.16. The monoisotopic (exact) mass is 1370 g/mol. The molecule has 0 amide bonds. The molecule has 108 heavy (non-hydrogen) atoms. The summed E-state index contributed by atoms with van der Waals surface area (Å²) in [4.78, 5) is 0. The Balaban J connectivity index is 0.000000135. The van der Waals surface area contributed by atoms with Crippen LogP contribution in [-0.2, 0) is 0 Å². The average Bonchev–Trinajstić information content (AvgIpc) is 1.54. The maximum Gasteiger partial charge on any atom is 0.0548 e. The molecule has 6 heterocycles. The number of para-hydroxylation sites is 9. The second-order valence-corrected chi connectivity index (χ2v) is 28.3. The van der Waals surface area contributed by atoms with Crippen molar-refractivity contribution in [2.24, 2.45) is 0 Å². The molecule has 23 aromatic rings. The summed E-state index contributed by atoms with van der Waals surface area (Å²) in [6, 6.07) is 146. The summed E-state index contributed by atoms with van der Waals surface area (Å²) < 4.78 is 14.5. The number of aromatic nitrogens is 6. The minimum atomic E-state index is 1.16. The standard InChI is InChI=1S/C54H35N3.C48H31N3/c1-4-14-36(15-5-1)37-24-28-42(29-25-37)55-47-22-12-10-20-43(47)45-34-38(26-30-49(45)55)39-27-31-50-46(35-39)54-52(57(50)41-18-8-3-9-19-41)33-32-51-53(54)44-21-11-13-23-48(44)56(51)40-16-6-2-7-17-40;1-4-14-34(15-5-1)49-41-22-12-10-20-37(41)39-30-32(24-26-43(39)49)33-25-27-44-40(31-33)48-46(51(44)36-18-8-3-9-19-36)29-28-45-47(48)38-21-11-13-23-42(38)50(45)35-16-6-2-7-17-35/h1-35H;1-31H. The molecular formula is C102H66N6. The Kier molecular flexibility index (Phi) is 13.9. The van der Waals surface area contributed by atoms with Gasteiger partial charge in [0.2, 0.25) is 0 Å². The van der Waals surface area contributed by atoms with Gasteiger partial charge in [-0.25, -0.2) is 0 Å². The molecule has 504 valence electrons. The van der Waals surface area contributed by atoms with Crippen LogP contribution in [0.4, 0.5) is 0 Å². The van der Waals surface area contributed by atoms with Crippen LogP contribution in [0.3, 0.4) is 0 Å². The highest BCUT2D eigenvalue weighted by molar-refractivity contribution is 6.31. The van der Waals surface area contributed by atoms with E-state index in [1.165, 1.54) is 176 Å². The van der Waals surface area contributed by atoms with Crippen LogP contribution in [0.1, 0.15) is 0 Å². The van der Waals surface area contributed by atoms with Gasteiger partial charge in [0.25, 0.3) is 0 Å². The molecule has 0 bridgehead atoms. The number of nitrogens with zero attached hydrogens (tertiary/aromatic N) is 6. The fourth-order valence-corrected chi connectivity index (χ4v) is 17.8. The van der Waals surface area contributed by atoms with Crippen molar-refractivity contribution in [3.05, 3.63) is 400 Å². The first-order valence-electron chi connectivity index (χ1n) is 37.1. The predicted molar refractivity (Wildman–Crippen MR) is 455 cm³/mol. The molecular weight excluding hydrogens is 1310 g/mol. The van der Waals surface area contributed by atoms with Crippen molar-refractivity contribution >= 4 is 131 Å². The van der Waals surface area contributed by atoms with E-state index in [4.69, 9.17) is 0 Å². The van der Waals surface area contributed by atoms with Crippen LogP contribution in [0.5, 0.6) is 0 Å². The molecule has 0 aliphatic heterocycles. The molecule has 23 rings (SSSR count). The third kappa shape index (κ3) is 9.47. The largest absolute Gasteiger partial charge is 0.309 e. The Morgan fingerprint density at radius 3 is 0.630 bits per heavy atom. The Morgan fingerprint density at radius 2 is 0.306 bits per heavy atom. The highest BCUT2D eigenvalue weighted by atomic mass is 15.0. The lowest BCUT2D eigenvalue weighted by Gasteiger charge is -2.10. The number of rotatable bonds is 9. The number of hydrogen-bond acceptors (Lipinski definition) is 0. The van der Waals surface area contributed by atoms with Gasteiger partial charge >= 0.3 is 0 Å². The molecule has 0 saturated heterocycles. The molecule has 6 heteroatoms. The Labute approximate surface area is 622 Å². The van der Waals surface area contributed by atoms with Gasteiger partial charge in [0, 0.05) is 98.8 Å². The summed E-state index contributed by atoms with van der Waals surface area (Å²) in [5.74, 6) is 0. The van der Waals surface area contributed by atoms with Gasteiger partial charge in [-0.3, -0.25) is 0 Å². The fourth-order valence-electron chi connectivity index (χ4n) is 17.8. The van der Waals surface area contributed by atoms with Crippen molar-refractivity contribution in [1.29, 1.82) is 0 Å². The van der Waals surface area contributed by atoms with Crippen molar-refractivity contribution in [2.75, 3.05) is 0 Å². The van der Waals surface area contributed by atoms with E-state index < -0.39 is 0 Å². The van der Waals surface area contributed by atoms with Crippen LogP contribution in [0.2, 0.25) is 0 Å². The van der Waals surface area contributed by atoms with Gasteiger partial charge in [-0.1, -0.05) is 231 Å². The first-order chi connectivity index (χ1) is 53.6. The zero-order valence-electron chi connectivity index (χ0n) is 58.8. The summed E-state index contributed by atoms with van der Waals surface area (Å²) in [6.45, 7) is 0. The highest BCUT2D eigenvalue weighted by Crippen LogP contribution is 2.47. The Bertz CT molecular complexity index is 7480. The summed E-state index contributed by atoms with van der Waals surface area (Å²) in [5.41, 5.74) is 28.7. The molecule has 0 aliphatic carbocycles. The summed E-state index contributed by atoms with van der Waals surface area (Å²) >= 11 is 0. The van der Waals surface area contributed by atoms with Gasteiger partial charge in [0.15, 0.2) is 0 Å². The van der Waals surface area contributed by atoms with Crippen molar-refractivity contribution in [1.82, 2.24) is 27.4 Å². The zero-order valence-corrected chi connectivity index (χ0v) is 58.8. The molecule has 0 fully saturated rings. The Hall–Kier alpha value is -14.5. The lowest BCUT2D eigenvalue weighted by molar-refractivity contribution is 1.17. The lowest BCUT2D eigenvalue weighted by atomic mass is 9.99. The number of fused-ring (bicyclic) bond motifs is 20. The second kappa shape index (κ2) is 24.6. The normalized spacial score (nSPS) is 11.9. The molecule has 0 unspecified atom stereocenters. The molecule has 0 aliphatic rings. The second-order valence-electron chi connectivity index (χ2n) is 28.3. The van der Waals surface area contributed by atoms with Crippen molar-refractivity contribution < 1.29 is 0 Å². The molecule has 17 aromatic carbocycles. The molecule has 6 aromatic heterocycles. The summed E-state index contributed by atoms with van der Waals surface area (Å²) in [5, 5.41) is 15.1. The SMILES string of the molecule is c1ccc(-c2ccc(-n3c4ccccc4c4cc(-c5ccc6c(c5)c5c7c8ccccc8n(-c8ccccc8)c7ccc5n6-c5ccccc5)ccc43)cc2)cc1.c1ccc(-n2c3ccccc3c3cc(-c4ccc5c(c4)c4c6c7ccccc7n(-c7ccccc7)c6ccc4n5-c4ccccc4)ccc32)cc1. The van der Waals surface area contributed by atoms with Gasteiger partial charge in [-0.2, -0.15) is 0 Å². The minimum Gasteiger partial charge on any atom is -0.309 e. The van der Waals surface area contributed by atoms with Crippen molar-refractivity contribution in [3.8, 4) is 67.5 Å². The van der Waals surface area contributed by atoms with Gasteiger partial charge in [-0.15, -0.1) is 0 Å². The first-order valence-corrected chi connectivity index (χ1v) is 37.1. The maximum absolute atomic E-state index is 2.43. The summed E-state index contributed by atoms with van der Waals surface area (Å²) in [7, 11) is 0. The smallest absolute Gasteiger partial charge is 0.0548 e. The van der Waals surface area contributed by atoms with Gasteiger partial charge in [-0.05, 0) is 203 Å². The third-order valence-corrected chi connectivity index (χ3v) is 22.4. The predicted octanol–water partition coefficient (Wildman–Crippen LogP) is 27.0. The van der Waals surface area contributed by atoms with Crippen LogP contribution in [-0.4, -0.2) is 27.4 Å². The topological polar surface area (TPSA) is 29.6 Å². The van der Waals surface area contributed by atoms with E-state index >= 15 is 0 Å². The van der Waals surface area contributed by atoms with Crippen LogP contribution < -0.4 is 0 Å². The maximum atomic E-state index is 2.43.